The molecule has 162 valence electrons. The molecule has 19 heteroatoms. The van der Waals surface area contributed by atoms with Gasteiger partial charge in [0, 0.05) is 0 Å². The van der Waals surface area contributed by atoms with Gasteiger partial charge in [0.05, 0.1) is 13.2 Å². The minimum absolute atomic E-state index is 0.697. The topological polar surface area (TPSA) is 270 Å². The Hall–Kier alpha value is 0.170. The largest absolute Gasteiger partial charge is 0.470 e. The molecule has 16 nitrogen and oxygen atoms in total. The Bertz CT molecular complexity index is 621. The van der Waals surface area contributed by atoms with E-state index in [2.05, 4.69) is 13.6 Å². The Labute approximate surface area is 151 Å². The lowest BCUT2D eigenvalue weighted by Crippen LogP contribution is -2.65. The molecule has 0 aromatic carbocycles. The van der Waals surface area contributed by atoms with Crippen molar-refractivity contribution in [3.05, 3.63) is 0 Å². The Balaban J connectivity index is 2.99. The Kier molecular flexibility index (Phi) is 8.70. The van der Waals surface area contributed by atoms with Gasteiger partial charge in [0.2, 0.25) is 0 Å². The van der Waals surface area contributed by atoms with Gasteiger partial charge in [-0.25, -0.2) is 13.7 Å². The average molecular weight is 464 g/mol. The first-order valence-corrected chi connectivity index (χ1v) is 11.4. The van der Waals surface area contributed by atoms with Crippen LogP contribution in [0.25, 0.3) is 0 Å². The van der Waals surface area contributed by atoms with E-state index in [9.17, 15) is 29.0 Å². The zero-order valence-electron chi connectivity index (χ0n) is 13.1. The monoisotopic (exact) mass is 464 g/mol. The third-order valence-corrected chi connectivity index (χ3v) is 4.75. The number of rotatable bonds is 9. The summed E-state index contributed by atoms with van der Waals surface area (Å²) in [5, 5.41) is 29.9. The Morgan fingerprint density at radius 2 is 1.04 bits per heavy atom. The first-order chi connectivity index (χ1) is 12.0. The molecule has 0 aliphatic heterocycles. The molecule has 0 saturated heterocycles. The first-order valence-electron chi connectivity index (χ1n) is 6.85. The molecule has 0 bridgehead atoms. The van der Waals surface area contributed by atoms with Gasteiger partial charge < -0.3 is 49.4 Å². The maximum atomic E-state index is 11.1. The molecular weight excluding hydrogens is 445 g/mol. The number of phosphoric ester groups is 3. The highest BCUT2D eigenvalue weighted by Gasteiger charge is 2.54. The van der Waals surface area contributed by atoms with Gasteiger partial charge >= 0.3 is 23.5 Å². The van der Waals surface area contributed by atoms with Crippen LogP contribution in [-0.4, -0.2) is 94.5 Å². The number of aliphatic hydroxyl groups is 3. The van der Waals surface area contributed by atoms with Crippen molar-refractivity contribution in [2.24, 2.45) is 0 Å². The van der Waals surface area contributed by atoms with Crippen molar-refractivity contribution >= 4 is 23.5 Å². The summed E-state index contributed by atoms with van der Waals surface area (Å²) < 4.78 is 49.9. The molecule has 1 saturated carbocycles. The predicted octanol–water partition coefficient (Wildman–Crippen LogP) is -3.47. The molecule has 0 radical (unpaired) electrons. The van der Waals surface area contributed by atoms with E-state index in [1.807, 2.05) is 0 Å². The van der Waals surface area contributed by atoms with Crippen LogP contribution in [0.5, 0.6) is 0 Å². The predicted molar refractivity (Wildman–Crippen MR) is 79.6 cm³/mol. The summed E-state index contributed by atoms with van der Waals surface area (Å²) in [5.74, 6) is 0. The number of phosphoric acid groups is 3. The van der Waals surface area contributed by atoms with E-state index in [4.69, 9.17) is 34.1 Å². The van der Waals surface area contributed by atoms with E-state index in [0.717, 1.165) is 0 Å². The third kappa shape index (κ3) is 8.60. The van der Waals surface area contributed by atoms with Crippen LogP contribution in [0.3, 0.4) is 0 Å². The van der Waals surface area contributed by atoms with Crippen LogP contribution in [0.1, 0.15) is 0 Å². The fraction of sp³-hybridized carbons (Fsp3) is 1.00. The summed E-state index contributed by atoms with van der Waals surface area (Å²) in [5.41, 5.74) is 0. The van der Waals surface area contributed by atoms with Gasteiger partial charge in [0.1, 0.15) is 36.6 Å². The second-order valence-electron chi connectivity index (χ2n) is 5.25. The van der Waals surface area contributed by atoms with Crippen molar-refractivity contribution in [2.75, 3.05) is 13.2 Å². The number of hydrogen-bond donors (Lipinski definition) is 9. The number of ether oxygens (including phenoxy) is 1. The molecular formula is C8H19O16P3. The number of aliphatic hydroxyl groups excluding tert-OH is 3. The van der Waals surface area contributed by atoms with Crippen molar-refractivity contribution in [1.82, 2.24) is 0 Å². The van der Waals surface area contributed by atoms with Crippen molar-refractivity contribution in [3.8, 4) is 0 Å². The van der Waals surface area contributed by atoms with Gasteiger partial charge in [-0.3, -0.25) is 13.6 Å². The molecule has 0 spiro atoms. The van der Waals surface area contributed by atoms with Crippen LogP contribution in [0.15, 0.2) is 0 Å². The fourth-order valence-electron chi connectivity index (χ4n) is 2.26. The van der Waals surface area contributed by atoms with Gasteiger partial charge in [0.15, 0.2) is 0 Å². The second kappa shape index (κ2) is 9.32. The lowest BCUT2D eigenvalue weighted by molar-refractivity contribution is -0.229. The minimum Gasteiger partial charge on any atom is -0.387 e. The highest BCUT2D eigenvalue weighted by molar-refractivity contribution is 7.46. The fourth-order valence-corrected chi connectivity index (χ4v) is 3.70. The molecule has 0 unspecified atom stereocenters. The summed E-state index contributed by atoms with van der Waals surface area (Å²) in [4.78, 5) is 52.5. The van der Waals surface area contributed by atoms with E-state index in [-0.39, 0.29) is 0 Å². The molecule has 27 heavy (non-hydrogen) atoms. The average Bonchev–Trinajstić information content (AvgIpc) is 2.44. The van der Waals surface area contributed by atoms with Gasteiger partial charge in [-0.15, -0.1) is 0 Å². The van der Waals surface area contributed by atoms with Gasteiger partial charge in [-0.1, -0.05) is 0 Å². The molecule has 1 aliphatic carbocycles. The molecule has 6 atom stereocenters. The summed E-state index contributed by atoms with van der Waals surface area (Å²) in [6.07, 6.45) is -12.9. The standard InChI is InChI=1S/C8H19O16P3/c9-3-4(10)7(21-1-2-22-25(12,13)14)8(24-27(18,19)20)5(11)6(3)23-26(15,16)17/h3-11H,1-2H2,(H2,12,13,14)(H2,15,16,17)(H2,18,19,20)/t3-,4+,5+,6-,7-,8-/m1/s1. The van der Waals surface area contributed by atoms with Gasteiger partial charge in [0.25, 0.3) is 0 Å². The Morgan fingerprint density at radius 3 is 1.48 bits per heavy atom. The first kappa shape index (κ1) is 25.2. The normalized spacial score (nSPS) is 33.2. The van der Waals surface area contributed by atoms with Gasteiger partial charge in [-0.2, -0.15) is 0 Å². The van der Waals surface area contributed by atoms with Crippen molar-refractivity contribution in [1.29, 1.82) is 0 Å². The zero-order valence-corrected chi connectivity index (χ0v) is 15.8. The van der Waals surface area contributed by atoms with E-state index < -0.39 is 73.3 Å². The summed E-state index contributed by atoms with van der Waals surface area (Å²) in [7, 11) is -15.5. The lowest BCUT2D eigenvalue weighted by Gasteiger charge is -2.44. The molecule has 1 fully saturated rings. The number of hydrogen-bond acceptors (Lipinski definition) is 10. The summed E-state index contributed by atoms with van der Waals surface area (Å²) in [6, 6.07) is 0. The van der Waals surface area contributed by atoms with E-state index in [1.54, 1.807) is 0 Å². The summed E-state index contributed by atoms with van der Waals surface area (Å²) >= 11 is 0. The maximum Gasteiger partial charge on any atom is 0.470 e. The smallest absolute Gasteiger partial charge is 0.387 e. The van der Waals surface area contributed by atoms with Crippen molar-refractivity contribution < 1.29 is 76.7 Å². The van der Waals surface area contributed by atoms with Crippen LogP contribution in [0, 0.1) is 0 Å². The third-order valence-electron chi connectivity index (χ3n) is 3.19. The van der Waals surface area contributed by atoms with Crippen molar-refractivity contribution in [3.63, 3.8) is 0 Å². The van der Waals surface area contributed by atoms with Crippen LogP contribution >= 0.6 is 23.5 Å². The molecule has 0 amide bonds. The van der Waals surface area contributed by atoms with E-state index >= 15 is 0 Å². The quantitative estimate of drug-likeness (QED) is 0.118. The Morgan fingerprint density at radius 1 is 0.593 bits per heavy atom. The van der Waals surface area contributed by atoms with E-state index in [0.29, 0.717) is 0 Å². The summed E-state index contributed by atoms with van der Waals surface area (Å²) in [6.45, 7) is -1.46. The second-order valence-corrected chi connectivity index (χ2v) is 8.88. The minimum atomic E-state index is -5.34. The molecule has 0 aromatic rings. The molecule has 1 rings (SSSR count). The maximum absolute atomic E-state index is 11.1. The zero-order chi connectivity index (χ0) is 21.2. The highest BCUT2D eigenvalue weighted by atomic mass is 31.2. The molecule has 0 aromatic heterocycles. The van der Waals surface area contributed by atoms with E-state index in [1.165, 1.54) is 0 Å². The molecule has 0 heterocycles. The van der Waals surface area contributed by atoms with Crippen LogP contribution in [0.2, 0.25) is 0 Å². The molecule has 1 aliphatic rings. The SMILES string of the molecule is O=P(O)(O)OCCO[C@@H]1[C@@H](O)[C@@H](O)[C@@H](OP(=O)(O)O)[C@H](O)[C@H]1OP(=O)(O)O. The highest BCUT2D eigenvalue weighted by Crippen LogP contribution is 2.46. The molecule has 9 N–H and O–H groups in total. The lowest BCUT2D eigenvalue weighted by atomic mass is 9.85. The van der Waals surface area contributed by atoms with Crippen molar-refractivity contribution in [2.45, 2.75) is 36.6 Å². The van der Waals surface area contributed by atoms with Gasteiger partial charge in [-0.05, 0) is 0 Å². The van der Waals surface area contributed by atoms with Crippen LogP contribution < -0.4 is 0 Å². The van der Waals surface area contributed by atoms with Crippen LogP contribution in [0.4, 0.5) is 0 Å². The van der Waals surface area contributed by atoms with Crippen LogP contribution in [-0.2, 0) is 32.0 Å².